The van der Waals surface area contributed by atoms with Crippen molar-refractivity contribution >= 4 is 0 Å². The first-order chi connectivity index (χ1) is 11.5. The largest absolute Gasteiger partial charge is 0.507 e. The molecular formula is C19H18FN3O. The number of alkyl halides is 1. The summed E-state index contributed by atoms with van der Waals surface area (Å²) in [5.41, 5.74) is 4.35. The van der Waals surface area contributed by atoms with Crippen LogP contribution in [0.2, 0.25) is 0 Å². The number of phenols is 1. The number of aromatic hydroxyl groups is 1. The Morgan fingerprint density at radius 3 is 2.50 bits per heavy atom. The standard InChI is InChI=1S/C19H18FN3O/c1-11-6-7-15(16(24)9-11)18-12(2)13(3)19(23-22-18)17(20)14-5-4-8-21-10-14/h4-10,17,24H,1-3H3. The number of halogens is 1. The van der Waals surface area contributed by atoms with E-state index in [1.807, 2.05) is 26.8 Å². The Morgan fingerprint density at radius 1 is 1.04 bits per heavy atom. The van der Waals surface area contributed by atoms with Gasteiger partial charge in [-0.2, -0.15) is 5.10 Å². The Bertz CT molecular complexity index is 881. The van der Waals surface area contributed by atoms with Crippen molar-refractivity contribution in [2.24, 2.45) is 0 Å². The van der Waals surface area contributed by atoms with Crippen molar-refractivity contribution in [3.8, 4) is 17.0 Å². The van der Waals surface area contributed by atoms with Crippen LogP contribution in [0.25, 0.3) is 11.3 Å². The molecule has 0 saturated heterocycles. The van der Waals surface area contributed by atoms with E-state index in [0.717, 1.165) is 16.7 Å². The van der Waals surface area contributed by atoms with Gasteiger partial charge in [0.05, 0.1) is 5.69 Å². The molecule has 1 atom stereocenters. The lowest BCUT2D eigenvalue weighted by atomic mass is 9.98. The fraction of sp³-hybridized carbons (Fsp3) is 0.211. The van der Waals surface area contributed by atoms with E-state index in [1.165, 1.54) is 6.20 Å². The predicted molar refractivity (Wildman–Crippen MR) is 90.5 cm³/mol. The van der Waals surface area contributed by atoms with E-state index >= 15 is 0 Å². The minimum Gasteiger partial charge on any atom is -0.507 e. The van der Waals surface area contributed by atoms with Gasteiger partial charge in [0.2, 0.25) is 0 Å². The molecular weight excluding hydrogens is 305 g/mol. The van der Waals surface area contributed by atoms with Crippen molar-refractivity contribution in [1.82, 2.24) is 15.2 Å². The maximum atomic E-state index is 14.8. The Morgan fingerprint density at radius 2 is 1.83 bits per heavy atom. The van der Waals surface area contributed by atoms with Crippen LogP contribution in [-0.4, -0.2) is 20.3 Å². The molecule has 0 amide bonds. The fourth-order valence-electron chi connectivity index (χ4n) is 2.65. The molecule has 2 aromatic heterocycles. The zero-order valence-corrected chi connectivity index (χ0v) is 13.8. The van der Waals surface area contributed by atoms with Gasteiger partial charge in [-0.15, -0.1) is 5.10 Å². The van der Waals surface area contributed by atoms with Gasteiger partial charge >= 0.3 is 0 Å². The van der Waals surface area contributed by atoms with E-state index in [0.29, 0.717) is 16.8 Å². The summed E-state index contributed by atoms with van der Waals surface area (Å²) in [4.78, 5) is 3.95. The van der Waals surface area contributed by atoms with E-state index in [-0.39, 0.29) is 11.4 Å². The summed E-state index contributed by atoms with van der Waals surface area (Å²) in [6.45, 7) is 5.58. The third-order valence-corrected chi connectivity index (χ3v) is 4.19. The van der Waals surface area contributed by atoms with Crippen molar-refractivity contribution in [2.75, 3.05) is 0 Å². The minimum absolute atomic E-state index is 0.142. The molecule has 1 aromatic carbocycles. The number of aromatic nitrogens is 3. The number of pyridine rings is 1. The van der Waals surface area contributed by atoms with E-state index in [4.69, 9.17) is 0 Å². The molecule has 0 aliphatic heterocycles. The highest BCUT2D eigenvalue weighted by Gasteiger charge is 2.21. The Labute approximate surface area is 140 Å². The third-order valence-electron chi connectivity index (χ3n) is 4.19. The van der Waals surface area contributed by atoms with Crippen LogP contribution in [0.4, 0.5) is 4.39 Å². The molecule has 1 N–H and O–H groups in total. The highest BCUT2D eigenvalue weighted by molar-refractivity contribution is 5.70. The average Bonchev–Trinajstić information content (AvgIpc) is 2.58. The SMILES string of the molecule is Cc1ccc(-c2nnc(C(F)c3cccnc3)c(C)c2C)c(O)c1. The second kappa shape index (κ2) is 6.35. The lowest BCUT2D eigenvalue weighted by Crippen LogP contribution is -2.07. The minimum atomic E-state index is -1.38. The monoisotopic (exact) mass is 323 g/mol. The van der Waals surface area contributed by atoms with Crippen LogP contribution in [0.1, 0.15) is 34.1 Å². The maximum Gasteiger partial charge on any atom is 0.171 e. The summed E-state index contributed by atoms with van der Waals surface area (Å²) in [5.74, 6) is 0.142. The fourth-order valence-corrected chi connectivity index (χ4v) is 2.65. The van der Waals surface area contributed by atoms with E-state index < -0.39 is 6.17 Å². The van der Waals surface area contributed by atoms with Gasteiger partial charge < -0.3 is 5.11 Å². The van der Waals surface area contributed by atoms with Crippen LogP contribution in [-0.2, 0) is 0 Å². The molecule has 3 rings (SSSR count). The van der Waals surface area contributed by atoms with Crippen LogP contribution in [0, 0.1) is 20.8 Å². The molecule has 0 aliphatic rings. The molecule has 0 saturated carbocycles. The Hall–Kier alpha value is -2.82. The molecule has 0 bridgehead atoms. The van der Waals surface area contributed by atoms with Gasteiger partial charge in [-0.1, -0.05) is 12.1 Å². The first-order valence-electron chi connectivity index (χ1n) is 7.66. The van der Waals surface area contributed by atoms with Crippen LogP contribution in [0.15, 0.2) is 42.7 Å². The van der Waals surface area contributed by atoms with Gasteiger partial charge in [-0.25, -0.2) is 4.39 Å². The highest BCUT2D eigenvalue weighted by atomic mass is 19.1. The van der Waals surface area contributed by atoms with E-state index in [2.05, 4.69) is 15.2 Å². The summed E-state index contributed by atoms with van der Waals surface area (Å²) in [6, 6.07) is 8.74. The molecule has 5 heteroatoms. The second-order valence-electron chi connectivity index (χ2n) is 5.85. The normalized spacial score (nSPS) is 12.2. The molecule has 0 spiro atoms. The molecule has 0 fully saturated rings. The summed E-state index contributed by atoms with van der Waals surface area (Å²) in [5, 5.41) is 18.4. The predicted octanol–water partition coefficient (Wildman–Crippen LogP) is 4.23. The zero-order valence-electron chi connectivity index (χ0n) is 13.8. The second-order valence-corrected chi connectivity index (χ2v) is 5.85. The molecule has 0 radical (unpaired) electrons. The number of aryl methyl sites for hydroxylation is 1. The average molecular weight is 323 g/mol. The third kappa shape index (κ3) is 2.85. The molecule has 24 heavy (non-hydrogen) atoms. The zero-order chi connectivity index (χ0) is 17.3. The summed E-state index contributed by atoms with van der Waals surface area (Å²) in [7, 11) is 0. The van der Waals surface area contributed by atoms with Gasteiger partial charge in [0.15, 0.2) is 6.17 Å². The summed E-state index contributed by atoms with van der Waals surface area (Å²) < 4.78 is 14.8. The molecule has 0 aliphatic carbocycles. The van der Waals surface area contributed by atoms with Crippen molar-refractivity contribution in [3.05, 3.63) is 70.7 Å². The van der Waals surface area contributed by atoms with Crippen molar-refractivity contribution < 1.29 is 9.50 Å². The summed E-state index contributed by atoms with van der Waals surface area (Å²) >= 11 is 0. The number of rotatable bonds is 3. The van der Waals surface area contributed by atoms with Gasteiger partial charge in [-0.3, -0.25) is 4.98 Å². The van der Waals surface area contributed by atoms with Gasteiger partial charge in [0, 0.05) is 23.5 Å². The Kier molecular flexibility index (Phi) is 4.25. The van der Waals surface area contributed by atoms with E-state index in [9.17, 15) is 9.50 Å². The molecule has 4 nitrogen and oxygen atoms in total. The van der Waals surface area contributed by atoms with Crippen LogP contribution in [0.3, 0.4) is 0 Å². The molecule has 1 unspecified atom stereocenters. The lowest BCUT2D eigenvalue weighted by molar-refractivity contribution is 0.387. The first-order valence-corrected chi connectivity index (χ1v) is 7.66. The number of hydrogen-bond donors (Lipinski definition) is 1. The maximum absolute atomic E-state index is 14.8. The van der Waals surface area contributed by atoms with Gasteiger partial charge in [-0.05, 0) is 55.7 Å². The highest BCUT2D eigenvalue weighted by Crippen LogP contribution is 2.34. The summed E-state index contributed by atoms with van der Waals surface area (Å²) in [6.07, 6.45) is 1.70. The van der Waals surface area contributed by atoms with E-state index in [1.54, 1.807) is 30.5 Å². The van der Waals surface area contributed by atoms with Crippen LogP contribution in [0.5, 0.6) is 5.75 Å². The number of benzene rings is 1. The smallest absolute Gasteiger partial charge is 0.171 e. The van der Waals surface area contributed by atoms with Gasteiger partial charge in [0.25, 0.3) is 0 Å². The van der Waals surface area contributed by atoms with Crippen LogP contribution >= 0.6 is 0 Å². The lowest BCUT2D eigenvalue weighted by Gasteiger charge is -2.15. The number of hydrogen-bond acceptors (Lipinski definition) is 4. The quantitative estimate of drug-likeness (QED) is 0.783. The van der Waals surface area contributed by atoms with Crippen molar-refractivity contribution in [2.45, 2.75) is 26.9 Å². The van der Waals surface area contributed by atoms with Crippen molar-refractivity contribution in [1.29, 1.82) is 0 Å². The molecule has 122 valence electrons. The number of phenolic OH excluding ortho intramolecular Hbond substituents is 1. The van der Waals surface area contributed by atoms with Gasteiger partial charge in [0.1, 0.15) is 11.4 Å². The topological polar surface area (TPSA) is 58.9 Å². The van der Waals surface area contributed by atoms with Crippen molar-refractivity contribution in [3.63, 3.8) is 0 Å². The first kappa shape index (κ1) is 16.1. The van der Waals surface area contributed by atoms with Crippen LogP contribution < -0.4 is 0 Å². The number of nitrogens with zero attached hydrogens (tertiary/aromatic N) is 3. The molecule has 3 aromatic rings. The Balaban J connectivity index is 2.06. The molecule has 2 heterocycles.